The lowest BCUT2D eigenvalue weighted by Gasteiger charge is -2.31. The van der Waals surface area contributed by atoms with E-state index in [2.05, 4.69) is 57.8 Å². The number of primary amides is 2. The number of H-pyrrole nitrogens is 1. The van der Waals surface area contributed by atoms with Crippen molar-refractivity contribution >= 4 is 81.7 Å². The number of aromatic hydroxyl groups is 1. The molecule has 2 fully saturated rings. The average Bonchev–Trinajstić information content (AvgIpc) is 2.00. The van der Waals surface area contributed by atoms with Crippen LogP contribution in [0.4, 0.5) is 0 Å². The molecule has 1 aromatic heterocycles. The summed E-state index contributed by atoms with van der Waals surface area (Å²) in [6.45, 7) is 7.14. The summed E-state index contributed by atoms with van der Waals surface area (Å²) in [5.74, 6) is -9.14. The van der Waals surface area contributed by atoms with Crippen LogP contribution in [0.1, 0.15) is 116 Å². The first kappa shape index (κ1) is 72.6. The molecule has 10 amide bonds. The molecular weight excluding hydrogens is 1180 g/mol. The van der Waals surface area contributed by atoms with Gasteiger partial charge in [0.1, 0.15) is 54.1 Å². The van der Waals surface area contributed by atoms with Crippen LogP contribution in [-0.2, 0) is 65.6 Å². The molecule has 1 aliphatic carbocycles. The monoisotopic (exact) mass is 1270 g/mol. The predicted molar refractivity (Wildman–Crippen MR) is 336 cm³/mol. The summed E-state index contributed by atoms with van der Waals surface area (Å²) in [5, 5.41) is 56.5. The highest BCUT2D eigenvalue weighted by atomic mass is 16.3. The SMILES string of the molecule is CN=C(N)NCCC[C@H](NC(=O)[C@H](CC(C)C)N/C=C(\C)C(=O)CNC(=O)[C@H](CC1CCCCC1)NC(=O)[C@@H](NC(=O)[C@H](CC(N)=O)NC(=O)[C@@H]1C(O)CCN1C(=O)[C@@H](Cc1ccc(O)cc1)NC(C)=O)[C@@H](C)O)C(=O)N[C@@H](Cc1c[nH]c2ccccc12)C(N)=O. The van der Waals surface area contributed by atoms with E-state index in [-0.39, 0.29) is 74.2 Å². The number of benzene rings is 2. The van der Waals surface area contributed by atoms with Gasteiger partial charge in [-0.3, -0.25) is 57.7 Å². The van der Waals surface area contributed by atoms with E-state index in [4.69, 9.17) is 17.2 Å². The molecule has 19 N–H and O–H groups in total. The zero-order chi connectivity index (χ0) is 67.1. The highest BCUT2D eigenvalue weighted by Gasteiger charge is 2.45. The molecule has 1 saturated carbocycles. The lowest BCUT2D eigenvalue weighted by molar-refractivity contribution is -0.144. The number of carbonyl (C=O) groups excluding carboxylic acids is 11. The molecule has 0 bridgehead atoms. The number of nitrogens with one attached hydrogen (secondary N) is 10. The Labute approximate surface area is 528 Å². The molecule has 2 aromatic carbocycles. The molecule has 0 radical (unpaired) electrons. The molecule has 29 heteroatoms. The van der Waals surface area contributed by atoms with Gasteiger partial charge in [-0.15, -0.1) is 0 Å². The van der Waals surface area contributed by atoms with Crippen molar-refractivity contribution in [3.05, 3.63) is 77.6 Å². The van der Waals surface area contributed by atoms with Crippen LogP contribution in [0.15, 0.2) is 71.5 Å². The number of rotatable bonds is 34. The number of ketones is 1. The van der Waals surface area contributed by atoms with Gasteiger partial charge in [-0.2, -0.15) is 0 Å². The van der Waals surface area contributed by atoms with E-state index < -0.39 is 138 Å². The Bertz CT molecular complexity index is 3110. The lowest BCUT2D eigenvalue weighted by Crippen LogP contribution is -2.62. The summed E-state index contributed by atoms with van der Waals surface area (Å²) in [6.07, 6.45) is 3.90. The summed E-state index contributed by atoms with van der Waals surface area (Å²) in [5.41, 5.74) is 19.3. The van der Waals surface area contributed by atoms with Crippen molar-refractivity contribution in [1.82, 2.24) is 57.7 Å². The van der Waals surface area contributed by atoms with E-state index >= 15 is 0 Å². The van der Waals surface area contributed by atoms with Gasteiger partial charge in [-0.05, 0) is 87.1 Å². The third-order valence-corrected chi connectivity index (χ3v) is 16.0. The third kappa shape index (κ3) is 22.7. The second kappa shape index (κ2) is 35.3. The van der Waals surface area contributed by atoms with Crippen molar-refractivity contribution in [3.8, 4) is 5.75 Å². The molecule has 5 rings (SSSR count). The minimum absolute atomic E-state index is 0.0381. The van der Waals surface area contributed by atoms with Gasteiger partial charge in [0.2, 0.25) is 59.1 Å². The number of carbonyl (C=O) groups is 11. The molecule has 2 heterocycles. The van der Waals surface area contributed by atoms with Crippen molar-refractivity contribution in [2.75, 3.05) is 26.7 Å². The maximum atomic E-state index is 14.2. The van der Waals surface area contributed by atoms with Crippen LogP contribution >= 0.6 is 0 Å². The number of nitrogens with two attached hydrogens (primary N) is 3. The Morgan fingerprint density at radius 1 is 0.725 bits per heavy atom. The number of aromatic nitrogens is 1. The van der Waals surface area contributed by atoms with Crippen LogP contribution in [-0.4, -0.2) is 183 Å². The molecule has 498 valence electrons. The van der Waals surface area contributed by atoms with Gasteiger partial charge in [0.25, 0.3) is 0 Å². The fraction of sp³-hybridized carbons (Fsp3) is 0.548. The third-order valence-electron chi connectivity index (χ3n) is 16.0. The zero-order valence-electron chi connectivity index (χ0n) is 52.5. The number of amides is 10. The molecule has 3 aromatic rings. The number of fused-ring (bicyclic) bond motifs is 1. The number of hydrogen-bond acceptors (Lipinski definition) is 16. The van der Waals surface area contributed by atoms with Crippen LogP contribution in [0.3, 0.4) is 0 Å². The largest absolute Gasteiger partial charge is 0.508 e. The molecule has 91 heavy (non-hydrogen) atoms. The normalized spacial score (nSPS) is 18.0. The van der Waals surface area contributed by atoms with E-state index in [0.29, 0.717) is 18.5 Å². The lowest BCUT2D eigenvalue weighted by atomic mass is 9.84. The van der Waals surface area contributed by atoms with Gasteiger partial charge in [-0.1, -0.05) is 76.3 Å². The second-order valence-corrected chi connectivity index (χ2v) is 23.8. The van der Waals surface area contributed by atoms with Crippen molar-refractivity contribution in [2.24, 2.45) is 34.0 Å². The van der Waals surface area contributed by atoms with Crippen LogP contribution in [0.25, 0.3) is 10.9 Å². The van der Waals surface area contributed by atoms with Gasteiger partial charge in [0, 0.05) is 68.8 Å². The summed E-state index contributed by atoms with van der Waals surface area (Å²) < 4.78 is 0. The van der Waals surface area contributed by atoms with E-state index in [0.717, 1.165) is 53.5 Å². The Kier molecular flexibility index (Phi) is 28.2. The van der Waals surface area contributed by atoms with Gasteiger partial charge in [0.15, 0.2) is 11.7 Å². The maximum absolute atomic E-state index is 14.2. The number of aliphatic hydroxyl groups excluding tert-OH is 2. The topological polar surface area (TPSA) is 466 Å². The summed E-state index contributed by atoms with van der Waals surface area (Å²) >= 11 is 0. The first-order valence-electron chi connectivity index (χ1n) is 30.7. The Hall–Kier alpha value is -9.12. The summed E-state index contributed by atoms with van der Waals surface area (Å²) in [4.78, 5) is 158. The van der Waals surface area contributed by atoms with Crippen LogP contribution in [0.2, 0.25) is 0 Å². The fourth-order valence-electron chi connectivity index (χ4n) is 11.0. The summed E-state index contributed by atoms with van der Waals surface area (Å²) in [6, 6.07) is 2.18. The fourth-order valence-corrected chi connectivity index (χ4v) is 11.0. The van der Waals surface area contributed by atoms with Crippen LogP contribution in [0, 0.1) is 11.8 Å². The number of hydrogen-bond donors (Lipinski definition) is 16. The van der Waals surface area contributed by atoms with Crippen molar-refractivity contribution < 1.29 is 68.1 Å². The Morgan fingerprint density at radius 3 is 2.01 bits per heavy atom. The number of para-hydroxylation sites is 1. The molecule has 29 nitrogen and oxygen atoms in total. The first-order chi connectivity index (χ1) is 43.1. The highest BCUT2D eigenvalue weighted by molar-refractivity contribution is 6.01. The molecule has 1 unspecified atom stereocenters. The predicted octanol–water partition coefficient (Wildman–Crippen LogP) is -1.83. The Balaban J connectivity index is 1.26. The molecule has 2 aliphatic rings. The molecule has 1 saturated heterocycles. The molecular formula is C62H91N15O14. The minimum Gasteiger partial charge on any atom is -0.508 e. The number of phenols is 1. The number of Topliss-reactive ketones (excluding diaryl/α,β-unsaturated/α-hetero) is 1. The summed E-state index contributed by atoms with van der Waals surface area (Å²) in [7, 11) is 1.50. The van der Waals surface area contributed by atoms with E-state index in [1.54, 1.807) is 6.20 Å². The van der Waals surface area contributed by atoms with Crippen molar-refractivity contribution in [1.29, 1.82) is 0 Å². The van der Waals surface area contributed by atoms with Crippen LogP contribution < -0.4 is 65.1 Å². The minimum atomic E-state index is -1.83. The number of nitrogens with zero attached hydrogens (tertiary/aromatic N) is 2. The quantitative estimate of drug-likeness (QED) is 0.0135. The molecule has 1 aliphatic heterocycles. The number of guanidine groups is 1. The van der Waals surface area contributed by atoms with Crippen molar-refractivity contribution in [2.45, 2.75) is 179 Å². The van der Waals surface area contributed by atoms with Gasteiger partial charge in [-0.25, -0.2) is 0 Å². The molecule has 0 spiro atoms. The standard InChI is InChI=1S/C62H91N15O14/c1-33(2)25-45(57(87)72-43(17-12-23-67-62(65)66-6)56(86)73-44(54(64)84)28-39-31-69-42-16-11-10-15-41(39)42)68-30-34(3)50(82)32-70-55(85)46(26-37-13-8-7-9-14-37)74-59(89)52(35(4)78)76-58(88)47(29-51(63)83)75-60(90)53-49(81)22-24-77(53)61(91)48(71-36(5)79)27-38-18-20-40(80)21-19-38/h10-11,15-16,18-21,30-31,33,35,37,43-49,52-53,68-69,78,80-81H,7-9,12-14,17,22-29,32H2,1-6H3,(H2,63,83)(H2,64,84)(H,70,85)(H,71,79)(H,72,87)(H,73,86)(H,74,89)(H,75,90)(H,76,88)(H3,65,66,67)/b34-30+/t35-,43+,44+,45+,46+,47+,48-,49?,52+,53+/m1/s1. The smallest absolute Gasteiger partial charge is 0.246 e. The van der Waals surface area contributed by atoms with Crippen LogP contribution in [0.5, 0.6) is 5.75 Å². The second-order valence-electron chi connectivity index (χ2n) is 23.8. The van der Waals surface area contributed by atoms with Crippen molar-refractivity contribution in [3.63, 3.8) is 0 Å². The van der Waals surface area contributed by atoms with Gasteiger partial charge >= 0.3 is 0 Å². The number of aliphatic hydroxyl groups is 2. The van der Waals surface area contributed by atoms with E-state index in [1.165, 1.54) is 58.3 Å². The van der Waals surface area contributed by atoms with Gasteiger partial charge < -0.3 is 90.3 Å². The number of aliphatic imine (C=N–C) groups is 1. The zero-order valence-corrected chi connectivity index (χ0v) is 52.5. The molecule has 10 atom stereocenters. The van der Waals surface area contributed by atoms with E-state index in [1.807, 2.05) is 38.1 Å². The first-order valence-corrected chi connectivity index (χ1v) is 30.7. The number of phenolic OH excluding ortho intramolecular Hbond substituents is 1. The van der Waals surface area contributed by atoms with Gasteiger partial charge in [0.05, 0.1) is 25.2 Å². The Morgan fingerprint density at radius 2 is 1.37 bits per heavy atom. The highest BCUT2D eigenvalue weighted by Crippen LogP contribution is 2.28. The maximum Gasteiger partial charge on any atom is 0.246 e. The van der Waals surface area contributed by atoms with E-state index in [9.17, 15) is 68.1 Å². The average molecular weight is 1270 g/mol. The number of likely N-dealkylation sites (tertiary alicyclic amines) is 1. The number of aromatic amines is 1.